The van der Waals surface area contributed by atoms with Gasteiger partial charge in [0.25, 0.3) is 0 Å². The second-order valence-electron chi connectivity index (χ2n) is 23.2. The largest absolute Gasteiger partial charge is 0.456 e. The molecular weight excluding hydrogens is 1110 g/mol. The van der Waals surface area contributed by atoms with Crippen LogP contribution in [0, 0.1) is 0 Å². The second kappa shape index (κ2) is 21.9. The minimum Gasteiger partial charge on any atom is -0.456 e. The maximum absolute atomic E-state index is 8.94. The first kappa shape index (κ1) is 43.5. The number of benzene rings is 17. The Morgan fingerprint density at radius 1 is 0.185 bits per heavy atom. The third-order valence-corrected chi connectivity index (χ3v) is 18.3. The topological polar surface area (TPSA) is 26.3 Å². The molecule has 19 rings (SSSR count). The zero-order chi connectivity index (χ0) is 69.3. The van der Waals surface area contributed by atoms with Crippen molar-refractivity contribution < 1.29 is 22.5 Å². The fraction of sp³-hybridized carbons (Fsp3) is 0. The second-order valence-corrected chi connectivity index (χ2v) is 23.2. The summed E-state index contributed by atoms with van der Waals surface area (Å²) in [5.74, 6) is 0. The SMILES string of the molecule is [2H]c1c([2H])c([2H])c(-c2c3ccccc3c(-c3ccc(-c4ccc5oc6ccccc6c5c4)c4ccccc34)c3ccccc23)c([2H])c1[2H].[2H]c1c([2H])c([2H])c(-c2c3ccccc3c(-c3ccc(-c4ccc5oc6ccccc6c5c4-c4ccccc4)c4ccccc34)c3ccccc23)c([2H])c1[2H]. The number of para-hydroxylation sites is 2. The molecule has 2 nitrogen and oxygen atoms in total. The highest BCUT2D eigenvalue weighted by molar-refractivity contribution is 6.27. The zero-order valence-electron chi connectivity index (χ0n) is 59.4. The molecule has 0 bridgehead atoms. The Hall–Kier alpha value is -12.1. The summed E-state index contributed by atoms with van der Waals surface area (Å²) < 4.78 is 98.4. The molecule has 92 heavy (non-hydrogen) atoms. The van der Waals surface area contributed by atoms with E-state index >= 15 is 0 Å². The van der Waals surface area contributed by atoms with Gasteiger partial charge in [-0.15, -0.1) is 0 Å². The van der Waals surface area contributed by atoms with E-state index in [0.29, 0.717) is 11.1 Å². The average molecular weight is 1180 g/mol. The third kappa shape index (κ3) is 8.57. The lowest BCUT2D eigenvalue weighted by molar-refractivity contribution is 0.668. The van der Waals surface area contributed by atoms with Gasteiger partial charge in [-0.1, -0.05) is 303 Å². The predicted octanol–water partition coefficient (Wildman–Crippen LogP) is 25.8. The van der Waals surface area contributed by atoms with E-state index in [0.717, 1.165) is 164 Å². The van der Waals surface area contributed by atoms with E-state index in [9.17, 15) is 0 Å². The van der Waals surface area contributed by atoms with Crippen molar-refractivity contribution >= 4 is 109 Å². The Balaban J connectivity index is 0.000000147. The molecule has 0 N–H and O–H groups in total. The minimum absolute atomic E-state index is 0.204. The molecule has 19 aromatic rings. The lowest BCUT2D eigenvalue weighted by Crippen LogP contribution is -1.93. The Morgan fingerprint density at radius 2 is 0.522 bits per heavy atom. The van der Waals surface area contributed by atoms with E-state index in [1.165, 1.54) is 0 Å². The summed E-state index contributed by atoms with van der Waals surface area (Å²) in [5.41, 5.74) is 15.9. The van der Waals surface area contributed by atoms with Gasteiger partial charge in [-0.2, -0.15) is 0 Å². The number of fused-ring (bicyclic) bond motifs is 12. The van der Waals surface area contributed by atoms with Crippen LogP contribution in [0.1, 0.15) is 13.7 Å². The Kier molecular flexibility index (Phi) is 10.4. The van der Waals surface area contributed by atoms with Gasteiger partial charge >= 0.3 is 0 Å². The smallest absolute Gasteiger partial charge is 0.136 e. The van der Waals surface area contributed by atoms with Crippen LogP contribution in [0.2, 0.25) is 0 Å². The van der Waals surface area contributed by atoms with Gasteiger partial charge in [0, 0.05) is 27.1 Å². The van der Waals surface area contributed by atoms with Crippen LogP contribution in [-0.4, -0.2) is 0 Å². The molecule has 428 valence electrons. The van der Waals surface area contributed by atoms with Crippen LogP contribution < -0.4 is 0 Å². The van der Waals surface area contributed by atoms with Gasteiger partial charge in [-0.05, 0) is 173 Å². The van der Waals surface area contributed by atoms with Crippen molar-refractivity contribution in [2.24, 2.45) is 0 Å². The van der Waals surface area contributed by atoms with E-state index in [1.54, 1.807) is 0 Å². The summed E-state index contributed by atoms with van der Waals surface area (Å²) in [4.78, 5) is 0. The summed E-state index contributed by atoms with van der Waals surface area (Å²) in [6.07, 6.45) is 0. The molecule has 0 unspecified atom stereocenters. The first-order valence-electron chi connectivity index (χ1n) is 35.8. The highest BCUT2D eigenvalue weighted by Crippen LogP contribution is 2.51. The number of hydrogen-bond acceptors (Lipinski definition) is 2. The molecule has 0 saturated heterocycles. The minimum atomic E-state index is -0.402. The average Bonchev–Trinajstić information content (AvgIpc) is 1.08. The van der Waals surface area contributed by atoms with Crippen LogP contribution in [-0.2, 0) is 0 Å². The lowest BCUT2D eigenvalue weighted by atomic mass is 9.83. The van der Waals surface area contributed by atoms with Crippen LogP contribution in [0.15, 0.2) is 348 Å². The zero-order valence-corrected chi connectivity index (χ0v) is 49.4. The van der Waals surface area contributed by atoms with Gasteiger partial charge in [-0.25, -0.2) is 0 Å². The molecule has 0 spiro atoms. The van der Waals surface area contributed by atoms with Crippen molar-refractivity contribution in [3.05, 3.63) is 339 Å². The molecule has 17 aromatic carbocycles. The number of rotatable bonds is 7. The molecule has 2 heteroatoms. The molecule has 0 amide bonds. The summed E-state index contributed by atoms with van der Waals surface area (Å²) in [7, 11) is 0. The van der Waals surface area contributed by atoms with Gasteiger partial charge < -0.3 is 8.83 Å². The molecule has 0 aliphatic carbocycles. The van der Waals surface area contributed by atoms with Crippen LogP contribution in [0.4, 0.5) is 0 Å². The van der Waals surface area contributed by atoms with Gasteiger partial charge in [0.2, 0.25) is 0 Å². The molecule has 0 fully saturated rings. The summed E-state index contributed by atoms with van der Waals surface area (Å²) in [6.45, 7) is 0. The quantitative estimate of drug-likeness (QED) is 0.149. The monoisotopic (exact) mass is 1180 g/mol. The number of furan rings is 2. The van der Waals surface area contributed by atoms with Gasteiger partial charge in [0.05, 0.1) is 13.7 Å². The Bertz CT molecular complexity index is 6600. The van der Waals surface area contributed by atoms with E-state index in [-0.39, 0.29) is 59.5 Å². The van der Waals surface area contributed by atoms with Crippen molar-refractivity contribution in [3.8, 4) is 77.9 Å². The van der Waals surface area contributed by atoms with Crippen molar-refractivity contribution in [3.63, 3.8) is 0 Å². The van der Waals surface area contributed by atoms with Crippen LogP contribution in [0.25, 0.3) is 186 Å². The molecule has 0 radical (unpaired) electrons. The van der Waals surface area contributed by atoms with E-state index in [4.69, 9.17) is 22.5 Å². The molecule has 2 aromatic heterocycles. The fourth-order valence-electron chi connectivity index (χ4n) is 14.5. The maximum atomic E-state index is 8.94. The summed E-state index contributed by atoms with van der Waals surface area (Å²) in [5, 5.41) is 15.8. The van der Waals surface area contributed by atoms with E-state index in [2.05, 4.69) is 164 Å². The summed E-state index contributed by atoms with van der Waals surface area (Å²) in [6, 6.07) is 92.2. The standard InChI is InChI=1S/C48H30O.C42H26O/c1-3-15-31(16-4-1)45-36-21-9-11-23-38(36)47(39-24-12-10-22-37(39)45)41-28-27-35(33-19-7-8-20-34(33)41)40-29-30-44-48(42-25-13-14-26-43(42)49-44)46(40)32-17-5-2-6-18-32;1-2-12-27(13-3-1)41-33-17-6-8-19-35(33)42(36-20-9-7-18-34(36)41)37-24-23-29(30-14-4-5-15-31(30)37)28-22-25-40-38(26-28)32-16-10-11-21-39(32)43-40/h1-30H;1-26H/i1D,3D,4D,15D,16D;1D,2D,3D,12D,13D. The molecule has 0 atom stereocenters. The summed E-state index contributed by atoms with van der Waals surface area (Å²) >= 11 is 0. The molecule has 0 aliphatic rings. The first-order valence-corrected chi connectivity index (χ1v) is 30.8. The number of hydrogen-bond donors (Lipinski definition) is 0. The molecular formula is C90H56O2. The molecule has 2 heterocycles. The lowest BCUT2D eigenvalue weighted by Gasteiger charge is -2.20. The van der Waals surface area contributed by atoms with Crippen LogP contribution in [0.3, 0.4) is 0 Å². The fourth-order valence-corrected chi connectivity index (χ4v) is 14.5. The molecule has 0 saturated carbocycles. The van der Waals surface area contributed by atoms with E-state index < -0.39 is 12.1 Å². The predicted molar refractivity (Wildman–Crippen MR) is 391 cm³/mol. The van der Waals surface area contributed by atoms with Crippen LogP contribution >= 0.6 is 0 Å². The van der Waals surface area contributed by atoms with Crippen molar-refractivity contribution in [2.75, 3.05) is 0 Å². The Labute approximate surface area is 545 Å². The Morgan fingerprint density at radius 3 is 1.02 bits per heavy atom. The van der Waals surface area contributed by atoms with Crippen molar-refractivity contribution in [1.82, 2.24) is 0 Å². The van der Waals surface area contributed by atoms with E-state index in [1.807, 2.05) is 115 Å². The van der Waals surface area contributed by atoms with Gasteiger partial charge in [-0.3, -0.25) is 0 Å². The normalized spacial score (nSPS) is 13.2. The maximum Gasteiger partial charge on any atom is 0.136 e. The third-order valence-electron chi connectivity index (χ3n) is 18.3. The molecule has 0 aliphatic heterocycles. The highest BCUT2D eigenvalue weighted by atomic mass is 16.3. The van der Waals surface area contributed by atoms with Gasteiger partial charge in [0.15, 0.2) is 0 Å². The van der Waals surface area contributed by atoms with Crippen molar-refractivity contribution in [2.45, 2.75) is 0 Å². The first-order chi connectivity index (χ1) is 49.8. The van der Waals surface area contributed by atoms with Gasteiger partial charge in [0.1, 0.15) is 22.3 Å². The van der Waals surface area contributed by atoms with Crippen LogP contribution in [0.5, 0.6) is 0 Å². The van der Waals surface area contributed by atoms with Crippen molar-refractivity contribution in [1.29, 1.82) is 0 Å². The highest BCUT2D eigenvalue weighted by Gasteiger charge is 2.24.